The molecule has 0 unspecified atom stereocenters. The number of primary amides is 1. The van der Waals surface area contributed by atoms with Crippen LogP contribution in [-0.4, -0.2) is 26.8 Å². The zero-order valence-electron chi connectivity index (χ0n) is 15.2. The van der Waals surface area contributed by atoms with Gasteiger partial charge >= 0.3 is 0 Å². The second-order valence-electron chi connectivity index (χ2n) is 6.50. The van der Waals surface area contributed by atoms with E-state index >= 15 is 0 Å². The highest BCUT2D eigenvalue weighted by Crippen LogP contribution is 2.35. The number of fused-ring (bicyclic) bond motifs is 3. The van der Waals surface area contributed by atoms with E-state index in [1.54, 1.807) is 18.2 Å². The summed E-state index contributed by atoms with van der Waals surface area (Å²) in [7, 11) is 1.91. The standard InChI is InChI=1S/C19H19N5O2S/c1-10(2)26-15-6-4-11(18(20)25)8-13(15)22-19-23-17-12-9-21-24(3)14(12)5-7-16(17)27-19/h4-10H,1-3H3,(H2,20,25)(H,22,23). The molecule has 0 spiro atoms. The van der Waals surface area contributed by atoms with Gasteiger partial charge in [-0.1, -0.05) is 11.3 Å². The van der Waals surface area contributed by atoms with Crippen molar-refractivity contribution in [3.05, 3.63) is 42.1 Å². The maximum absolute atomic E-state index is 11.6. The highest BCUT2D eigenvalue weighted by atomic mass is 32.1. The number of amides is 1. The number of rotatable bonds is 5. The molecule has 1 amide bonds. The Morgan fingerprint density at radius 1 is 1.30 bits per heavy atom. The predicted octanol–water partition coefficient (Wildman–Crippen LogP) is 3.81. The van der Waals surface area contributed by atoms with Crippen LogP contribution >= 0.6 is 11.3 Å². The fourth-order valence-corrected chi connectivity index (χ4v) is 3.82. The molecule has 4 aromatic rings. The molecular weight excluding hydrogens is 362 g/mol. The molecule has 0 saturated heterocycles. The number of carbonyl (C=O) groups excluding carboxylic acids is 1. The number of carbonyl (C=O) groups is 1. The van der Waals surface area contributed by atoms with E-state index in [2.05, 4.69) is 10.4 Å². The molecule has 0 bridgehead atoms. The van der Waals surface area contributed by atoms with E-state index in [1.807, 2.05) is 43.9 Å². The molecule has 8 heteroatoms. The summed E-state index contributed by atoms with van der Waals surface area (Å²) in [6.07, 6.45) is 1.82. The summed E-state index contributed by atoms with van der Waals surface area (Å²) in [5.74, 6) is 0.149. The Bertz CT molecular complexity index is 1160. The van der Waals surface area contributed by atoms with Crippen LogP contribution in [0.25, 0.3) is 21.1 Å². The van der Waals surface area contributed by atoms with E-state index in [0.29, 0.717) is 22.1 Å². The molecule has 2 aromatic heterocycles. The summed E-state index contributed by atoms with van der Waals surface area (Å²) in [6, 6.07) is 9.16. The molecule has 138 valence electrons. The fourth-order valence-electron chi connectivity index (χ4n) is 2.93. The van der Waals surface area contributed by atoms with Gasteiger partial charge in [-0.15, -0.1) is 0 Å². The lowest BCUT2D eigenvalue weighted by molar-refractivity contribution is 0.100. The second-order valence-corrected chi connectivity index (χ2v) is 7.53. The molecule has 27 heavy (non-hydrogen) atoms. The van der Waals surface area contributed by atoms with Crippen molar-refractivity contribution in [2.45, 2.75) is 20.0 Å². The Labute approximate surface area is 159 Å². The largest absolute Gasteiger partial charge is 0.489 e. The molecule has 0 aliphatic heterocycles. The first kappa shape index (κ1) is 17.3. The number of nitrogens with one attached hydrogen (secondary N) is 1. The Morgan fingerprint density at radius 2 is 2.11 bits per heavy atom. The van der Waals surface area contributed by atoms with Gasteiger partial charge in [0.1, 0.15) is 5.75 Å². The van der Waals surface area contributed by atoms with Gasteiger partial charge in [-0.25, -0.2) is 4.98 Å². The average molecular weight is 381 g/mol. The number of aryl methyl sites for hydroxylation is 1. The lowest BCUT2D eigenvalue weighted by Crippen LogP contribution is -2.12. The number of thiazole rings is 1. The van der Waals surface area contributed by atoms with Gasteiger partial charge in [-0.3, -0.25) is 9.48 Å². The summed E-state index contributed by atoms with van der Waals surface area (Å²) in [5, 5.41) is 9.30. The molecule has 3 N–H and O–H groups in total. The molecule has 2 heterocycles. The maximum atomic E-state index is 11.6. The molecule has 0 saturated carbocycles. The van der Waals surface area contributed by atoms with Crippen molar-refractivity contribution in [2.24, 2.45) is 12.8 Å². The summed E-state index contributed by atoms with van der Waals surface area (Å²) < 4.78 is 8.73. The lowest BCUT2D eigenvalue weighted by Gasteiger charge is -2.15. The van der Waals surface area contributed by atoms with E-state index in [4.69, 9.17) is 15.5 Å². The summed E-state index contributed by atoms with van der Waals surface area (Å²) >= 11 is 1.53. The number of nitrogens with zero attached hydrogens (tertiary/aromatic N) is 3. The first-order valence-corrected chi connectivity index (χ1v) is 9.33. The number of hydrogen-bond acceptors (Lipinski definition) is 6. The van der Waals surface area contributed by atoms with Crippen LogP contribution in [0.4, 0.5) is 10.8 Å². The topological polar surface area (TPSA) is 95.1 Å². The van der Waals surface area contributed by atoms with Crippen LogP contribution in [0.15, 0.2) is 36.5 Å². The molecular formula is C19H19N5O2S. The van der Waals surface area contributed by atoms with Crippen molar-refractivity contribution < 1.29 is 9.53 Å². The van der Waals surface area contributed by atoms with Crippen molar-refractivity contribution in [1.29, 1.82) is 0 Å². The first-order valence-electron chi connectivity index (χ1n) is 8.51. The Hall–Kier alpha value is -3.13. The third-order valence-corrected chi connectivity index (χ3v) is 5.09. The second kappa shape index (κ2) is 6.55. The van der Waals surface area contributed by atoms with E-state index in [1.165, 1.54) is 11.3 Å². The normalized spacial score (nSPS) is 11.4. The Balaban J connectivity index is 1.77. The molecule has 0 fully saturated rings. The SMILES string of the molecule is CC(C)Oc1ccc(C(N)=O)cc1Nc1nc2c(ccc3c2cnn3C)s1. The van der Waals surface area contributed by atoms with Gasteiger partial charge in [-0.2, -0.15) is 5.10 Å². The molecule has 2 aromatic carbocycles. The van der Waals surface area contributed by atoms with Crippen LogP contribution in [0.5, 0.6) is 5.75 Å². The fraction of sp³-hybridized carbons (Fsp3) is 0.211. The third kappa shape index (κ3) is 3.19. The van der Waals surface area contributed by atoms with E-state index in [-0.39, 0.29) is 6.10 Å². The van der Waals surface area contributed by atoms with E-state index < -0.39 is 5.91 Å². The number of hydrogen-bond donors (Lipinski definition) is 2. The van der Waals surface area contributed by atoms with Gasteiger partial charge in [0.2, 0.25) is 5.91 Å². The molecule has 7 nitrogen and oxygen atoms in total. The van der Waals surface area contributed by atoms with Crippen molar-refractivity contribution >= 4 is 49.2 Å². The van der Waals surface area contributed by atoms with Gasteiger partial charge in [0.25, 0.3) is 0 Å². The first-order chi connectivity index (χ1) is 12.9. The van der Waals surface area contributed by atoms with Crippen molar-refractivity contribution in [3.63, 3.8) is 0 Å². The van der Waals surface area contributed by atoms with Gasteiger partial charge in [0.05, 0.1) is 33.7 Å². The minimum Gasteiger partial charge on any atom is -0.489 e. The Kier molecular flexibility index (Phi) is 4.19. The van der Waals surface area contributed by atoms with E-state index in [0.717, 1.165) is 21.1 Å². The molecule has 0 atom stereocenters. The van der Waals surface area contributed by atoms with Crippen molar-refractivity contribution in [1.82, 2.24) is 14.8 Å². The van der Waals surface area contributed by atoms with Crippen molar-refractivity contribution in [3.8, 4) is 5.75 Å². The summed E-state index contributed by atoms with van der Waals surface area (Å²) in [5.41, 5.74) is 8.41. The number of ether oxygens (including phenoxy) is 1. The quantitative estimate of drug-likeness (QED) is 0.548. The average Bonchev–Trinajstić information content (AvgIpc) is 3.19. The minimum atomic E-state index is -0.490. The number of benzene rings is 2. The summed E-state index contributed by atoms with van der Waals surface area (Å²) in [4.78, 5) is 16.3. The molecule has 4 rings (SSSR count). The molecule has 0 aliphatic rings. The van der Waals surface area contributed by atoms with Crippen LogP contribution in [0.3, 0.4) is 0 Å². The van der Waals surface area contributed by atoms with Gasteiger partial charge in [0, 0.05) is 18.0 Å². The zero-order valence-corrected chi connectivity index (χ0v) is 16.0. The Morgan fingerprint density at radius 3 is 2.85 bits per heavy atom. The van der Waals surface area contributed by atoms with Crippen LogP contribution in [0, 0.1) is 0 Å². The van der Waals surface area contributed by atoms with Crippen LogP contribution < -0.4 is 15.8 Å². The minimum absolute atomic E-state index is 0.00429. The zero-order chi connectivity index (χ0) is 19.1. The molecule has 0 radical (unpaired) electrons. The van der Waals surface area contributed by atoms with Crippen LogP contribution in [-0.2, 0) is 7.05 Å². The molecule has 0 aliphatic carbocycles. The van der Waals surface area contributed by atoms with E-state index in [9.17, 15) is 4.79 Å². The van der Waals surface area contributed by atoms with Crippen molar-refractivity contribution in [2.75, 3.05) is 5.32 Å². The highest BCUT2D eigenvalue weighted by Gasteiger charge is 2.14. The van der Waals surface area contributed by atoms with Gasteiger partial charge in [-0.05, 0) is 44.2 Å². The maximum Gasteiger partial charge on any atom is 0.248 e. The smallest absolute Gasteiger partial charge is 0.248 e. The van der Waals surface area contributed by atoms with Gasteiger partial charge < -0.3 is 15.8 Å². The third-order valence-electron chi connectivity index (χ3n) is 4.15. The van der Waals surface area contributed by atoms with Crippen LogP contribution in [0.1, 0.15) is 24.2 Å². The lowest BCUT2D eigenvalue weighted by atomic mass is 10.1. The highest BCUT2D eigenvalue weighted by molar-refractivity contribution is 7.22. The summed E-state index contributed by atoms with van der Waals surface area (Å²) in [6.45, 7) is 3.89. The van der Waals surface area contributed by atoms with Crippen LogP contribution in [0.2, 0.25) is 0 Å². The predicted molar refractivity (Wildman–Crippen MR) is 108 cm³/mol. The number of anilines is 2. The van der Waals surface area contributed by atoms with Gasteiger partial charge in [0.15, 0.2) is 5.13 Å². The monoisotopic (exact) mass is 381 g/mol. The number of aromatic nitrogens is 3. The number of nitrogens with two attached hydrogens (primary N) is 1.